The molecule has 0 unspecified atom stereocenters. The number of esters is 1. The fourth-order valence-corrected chi connectivity index (χ4v) is 4.17. The van der Waals surface area contributed by atoms with Crippen LogP contribution < -0.4 is 17.0 Å². The molecule has 190 valence electrons. The quantitative estimate of drug-likeness (QED) is 0.225. The third kappa shape index (κ3) is 5.68. The second-order valence-electron chi connectivity index (χ2n) is 8.28. The molecule has 0 aliphatic rings. The largest absolute Gasteiger partial charge is 0.463 e. The maximum Gasteiger partial charge on any atom is 0.349 e. The number of halogens is 2. The maximum absolute atomic E-state index is 13.8. The van der Waals surface area contributed by atoms with E-state index >= 15 is 0 Å². The van der Waals surface area contributed by atoms with Crippen molar-refractivity contribution in [3.63, 3.8) is 0 Å². The molecule has 0 aliphatic heterocycles. The summed E-state index contributed by atoms with van der Waals surface area (Å²) in [6, 6.07) is 13.4. The van der Waals surface area contributed by atoms with E-state index < -0.39 is 23.0 Å². The van der Waals surface area contributed by atoms with E-state index in [-0.39, 0.29) is 24.3 Å². The normalized spacial score (nSPS) is 12.7. The first kappa shape index (κ1) is 27.5. The van der Waals surface area contributed by atoms with Gasteiger partial charge in [-0.05, 0) is 69.5 Å². The molecule has 1 heterocycles. The average Bonchev–Trinajstić information content (AvgIpc) is 2.84. The summed E-state index contributed by atoms with van der Waals surface area (Å²) in [6.45, 7) is 3.35. The molecule has 0 fully saturated rings. The first-order valence-electron chi connectivity index (χ1n) is 11.5. The van der Waals surface area contributed by atoms with Crippen molar-refractivity contribution in [2.75, 3.05) is 13.2 Å². The number of hydrogen-bond acceptors (Lipinski definition) is 7. The third-order valence-electron chi connectivity index (χ3n) is 5.71. The average molecular weight is 531 g/mol. The fourth-order valence-electron chi connectivity index (χ4n) is 3.92. The van der Waals surface area contributed by atoms with Gasteiger partial charge in [-0.25, -0.2) is 4.79 Å². The minimum Gasteiger partial charge on any atom is -0.463 e. The van der Waals surface area contributed by atoms with Gasteiger partial charge < -0.3 is 10.5 Å². The van der Waals surface area contributed by atoms with Crippen molar-refractivity contribution in [1.29, 1.82) is 0 Å². The van der Waals surface area contributed by atoms with Crippen LogP contribution in [0.3, 0.4) is 0 Å². The number of carbonyl (C=O) groups excluding carboxylic acids is 2. The van der Waals surface area contributed by atoms with Crippen LogP contribution in [0.4, 0.5) is 0 Å². The number of ketones is 1. The van der Waals surface area contributed by atoms with E-state index in [9.17, 15) is 14.4 Å². The van der Waals surface area contributed by atoms with Crippen molar-refractivity contribution in [2.45, 2.75) is 38.8 Å². The van der Waals surface area contributed by atoms with Gasteiger partial charge in [0.1, 0.15) is 0 Å². The van der Waals surface area contributed by atoms with Crippen LogP contribution in [0, 0.1) is 0 Å². The Morgan fingerprint density at radius 2 is 1.56 bits per heavy atom. The first-order chi connectivity index (χ1) is 17.1. The smallest absolute Gasteiger partial charge is 0.349 e. The number of unbranched alkanes of at least 4 members (excludes halogenated alkanes) is 1. The molecule has 1 atom stereocenters. The lowest BCUT2D eigenvalue weighted by Crippen LogP contribution is -2.57. The van der Waals surface area contributed by atoms with Crippen molar-refractivity contribution < 1.29 is 14.3 Å². The Kier molecular flexibility index (Phi) is 9.03. The van der Waals surface area contributed by atoms with Crippen molar-refractivity contribution in [1.82, 2.24) is 9.78 Å². The number of aromatic nitrogens is 2. The highest BCUT2D eigenvalue weighted by atomic mass is 35.5. The Labute approximate surface area is 219 Å². The molecular weight excluding hydrogens is 503 g/mol. The summed E-state index contributed by atoms with van der Waals surface area (Å²) in [6.07, 6.45) is 1.04. The summed E-state index contributed by atoms with van der Waals surface area (Å²) in [5.74, 6) is -1.34. The van der Waals surface area contributed by atoms with Crippen LogP contribution in [0.5, 0.6) is 0 Å². The van der Waals surface area contributed by atoms with E-state index in [1.54, 1.807) is 55.5 Å². The first-order valence-corrected chi connectivity index (χ1v) is 12.3. The highest BCUT2D eigenvalue weighted by Crippen LogP contribution is 2.34. The van der Waals surface area contributed by atoms with E-state index in [0.717, 1.165) is 4.68 Å². The van der Waals surface area contributed by atoms with Gasteiger partial charge in [-0.3, -0.25) is 15.3 Å². The molecule has 3 rings (SSSR count). The molecule has 8 nitrogen and oxygen atoms in total. The molecule has 0 amide bonds. The van der Waals surface area contributed by atoms with Gasteiger partial charge in [0.2, 0.25) is 5.66 Å². The van der Waals surface area contributed by atoms with Crippen LogP contribution in [0.1, 0.15) is 43.5 Å². The summed E-state index contributed by atoms with van der Waals surface area (Å²) < 4.78 is 6.10. The Morgan fingerprint density at radius 1 is 1.00 bits per heavy atom. The Bertz CT molecular complexity index is 1310. The second-order valence-corrected chi connectivity index (χ2v) is 9.15. The van der Waals surface area contributed by atoms with Gasteiger partial charge >= 0.3 is 5.97 Å². The van der Waals surface area contributed by atoms with Gasteiger partial charge in [-0.1, -0.05) is 47.5 Å². The predicted molar refractivity (Wildman–Crippen MR) is 141 cm³/mol. The van der Waals surface area contributed by atoms with E-state index in [1.165, 1.54) is 6.92 Å². The van der Waals surface area contributed by atoms with E-state index in [0.29, 0.717) is 46.1 Å². The van der Waals surface area contributed by atoms with E-state index in [4.69, 9.17) is 39.4 Å². The highest BCUT2D eigenvalue weighted by Gasteiger charge is 2.41. The molecule has 0 bridgehead atoms. The summed E-state index contributed by atoms with van der Waals surface area (Å²) in [4.78, 5) is 39.8. The molecule has 4 N–H and O–H groups in total. The number of carbonyl (C=O) groups is 2. The van der Waals surface area contributed by atoms with E-state index in [2.05, 4.69) is 5.10 Å². The number of nitrogens with zero attached hydrogens (tertiary/aromatic N) is 2. The standard InChI is InChI=1S/C26H28Cl2N4O4/c1-3-36-25(35)26(30,14-4-5-15-29)32-24(34)21(16(2)33)22(17-6-10-19(27)11-7-17)23(31-32)18-8-12-20(28)13-9-18/h6-13H,3-5,14-15,29-30H2,1-2H3/t26-/m1/s1. The maximum atomic E-state index is 13.8. The molecule has 0 spiro atoms. The zero-order valence-corrected chi connectivity index (χ0v) is 21.6. The van der Waals surface area contributed by atoms with Crippen LogP contribution in [-0.4, -0.2) is 34.7 Å². The van der Waals surface area contributed by atoms with Crippen LogP contribution in [-0.2, 0) is 15.2 Å². The van der Waals surface area contributed by atoms with Crippen LogP contribution >= 0.6 is 23.2 Å². The SMILES string of the molecule is CCOC(=O)[C@@](N)(CCCCN)n1nc(-c2ccc(Cl)cc2)c(-c2ccc(Cl)cc2)c(C(C)=O)c1=O. The van der Waals surface area contributed by atoms with Gasteiger partial charge in [0.05, 0.1) is 17.9 Å². The minimum absolute atomic E-state index is 0.0354. The summed E-state index contributed by atoms with van der Waals surface area (Å²) in [5.41, 5.74) is 11.0. The number of nitrogens with two attached hydrogens (primary N) is 2. The summed E-state index contributed by atoms with van der Waals surface area (Å²) in [5, 5.41) is 5.57. The summed E-state index contributed by atoms with van der Waals surface area (Å²) in [7, 11) is 0. The molecule has 10 heteroatoms. The number of benzene rings is 2. The zero-order valence-electron chi connectivity index (χ0n) is 20.1. The number of rotatable bonds is 10. The number of Topliss-reactive ketones (excluding diaryl/α,β-unsaturated/α-hetero) is 1. The minimum atomic E-state index is -1.95. The molecule has 3 aromatic rings. The van der Waals surface area contributed by atoms with E-state index in [1.807, 2.05) is 0 Å². The third-order valence-corrected chi connectivity index (χ3v) is 6.22. The molecule has 1 aromatic heterocycles. The monoisotopic (exact) mass is 530 g/mol. The van der Waals surface area contributed by atoms with Crippen molar-refractivity contribution >= 4 is 35.0 Å². The number of hydrogen-bond donors (Lipinski definition) is 2. The van der Waals surface area contributed by atoms with Crippen LogP contribution in [0.2, 0.25) is 10.0 Å². The Balaban J connectivity index is 2.43. The Morgan fingerprint density at radius 3 is 2.06 bits per heavy atom. The lowest BCUT2D eigenvalue weighted by molar-refractivity contribution is -0.155. The Hall–Kier alpha value is -3.04. The lowest BCUT2D eigenvalue weighted by Gasteiger charge is -2.29. The molecule has 0 radical (unpaired) electrons. The van der Waals surface area contributed by atoms with Gasteiger partial charge in [0.25, 0.3) is 5.56 Å². The topological polar surface area (TPSA) is 130 Å². The zero-order chi connectivity index (χ0) is 26.5. The van der Waals surface area contributed by atoms with Gasteiger partial charge in [0, 0.05) is 21.2 Å². The van der Waals surface area contributed by atoms with Crippen LogP contribution in [0.25, 0.3) is 22.4 Å². The fraction of sp³-hybridized carbons (Fsp3) is 0.308. The molecule has 0 aliphatic carbocycles. The van der Waals surface area contributed by atoms with Crippen molar-refractivity contribution in [2.24, 2.45) is 11.5 Å². The number of ether oxygens (including phenoxy) is 1. The van der Waals surface area contributed by atoms with Gasteiger partial charge in [-0.2, -0.15) is 9.78 Å². The molecule has 36 heavy (non-hydrogen) atoms. The van der Waals surface area contributed by atoms with Crippen molar-refractivity contribution in [3.05, 3.63) is 74.5 Å². The highest BCUT2D eigenvalue weighted by molar-refractivity contribution is 6.31. The second kappa shape index (κ2) is 11.8. The molecular formula is C26H28Cl2N4O4. The van der Waals surface area contributed by atoms with Crippen molar-refractivity contribution in [3.8, 4) is 22.4 Å². The lowest BCUT2D eigenvalue weighted by atomic mass is 9.93. The van der Waals surface area contributed by atoms with Gasteiger partial charge in [0.15, 0.2) is 5.78 Å². The molecule has 0 saturated carbocycles. The van der Waals surface area contributed by atoms with Gasteiger partial charge in [-0.15, -0.1) is 0 Å². The molecule has 0 saturated heterocycles. The molecule has 2 aromatic carbocycles. The summed E-state index contributed by atoms with van der Waals surface area (Å²) >= 11 is 12.2. The van der Waals surface area contributed by atoms with Crippen LogP contribution in [0.15, 0.2) is 53.3 Å². The predicted octanol–water partition coefficient (Wildman–Crippen LogP) is 4.39.